The van der Waals surface area contributed by atoms with E-state index in [1.807, 2.05) is 0 Å². The molecule has 2 N–H and O–H groups in total. The molecule has 2 aromatic rings. The van der Waals surface area contributed by atoms with Gasteiger partial charge >= 0.3 is 0 Å². The molecule has 1 unspecified atom stereocenters. The lowest BCUT2D eigenvalue weighted by molar-refractivity contribution is 0.182. The first kappa shape index (κ1) is 16.1. The van der Waals surface area contributed by atoms with E-state index in [1.54, 1.807) is 30.7 Å². The lowest BCUT2D eigenvalue weighted by Gasteiger charge is -2.14. The fourth-order valence-electron chi connectivity index (χ4n) is 2.16. The minimum atomic E-state index is -3.80. The molecule has 1 heterocycles. The van der Waals surface area contributed by atoms with Crippen molar-refractivity contribution in [2.75, 3.05) is 6.54 Å². The number of aliphatic hydroxyl groups is 1. The van der Waals surface area contributed by atoms with Gasteiger partial charge in [0.15, 0.2) is 0 Å². The van der Waals surface area contributed by atoms with Crippen LogP contribution in [-0.4, -0.2) is 20.1 Å². The van der Waals surface area contributed by atoms with Gasteiger partial charge in [-0.25, -0.2) is 17.5 Å². The highest BCUT2D eigenvalue weighted by Crippen LogP contribution is 2.22. The molecule has 0 aliphatic carbocycles. The number of rotatable bonds is 5. The van der Waals surface area contributed by atoms with Gasteiger partial charge in [0.25, 0.3) is 0 Å². The normalized spacial score (nSPS) is 13.3. The van der Waals surface area contributed by atoms with Gasteiger partial charge in [-0.1, -0.05) is 0 Å². The van der Waals surface area contributed by atoms with E-state index in [0.717, 1.165) is 0 Å². The van der Waals surface area contributed by atoms with Crippen molar-refractivity contribution in [3.63, 3.8) is 0 Å². The second-order valence-electron chi connectivity index (χ2n) is 4.79. The van der Waals surface area contributed by atoms with E-state index in [2.05, 4.69) is 4.72 Å². The van der Waals surface area contributed by atoms with Gasteiger partial charge in [-0.15, -0.1) is 0 Å². The number of thiophene rings is 1. The zero-order chi connectivity index (χ0) is 15.6. The van der Waals surface area contributed by atoms with Gasteiger partial charge in [-0.05, 0) is 59.5 Å². The van der Waals surface area contributed by atoms with Crippen molar-refractivity contribution in [1.29, 1.82) is 0 Å². The Kier molecular flexibility index (Phi) is 4.77. The molecule has 0 saturated carbocycles. The van der Waals surface area contributed by atoms with E-state index in [1.165, 1.54) is 23.5 Å². The second kappa shape index (κ2) is 6.23. The molecule has 0 aliphatic heterocycles. The Bertz CT molecular complexity index is 704. The summed E-state index contributed by atoms with van der Waals surface area (Å²) >= 11 is 1.43. The minimum absolute atomic E-state index is 0.0569. The van der Waals surface area contributed by atoms with E-state index in [9.17, 15) is 17.9 Å². The Morgan fingerprint density at radius 1 is 1.33 bits per heavy atom. The Hall–Kier alpha value is -1.28. The molecule has 0 aliphatic rings. The van der Waals surface area contributed by atoms with Gasteiger partial charge in [0.1, 0.15) is 5.82 Å². The van der Waals surface area contributed by atoms with Crippen molar-refractivity contribution >= 4 is 21.4 Å². The molecular weight excluding hydrogens is 313 g/mol. The first-order chi connectivity index (χ1) is 9.81. The summed E-state index contributed by atoms with van der Waals surface area (Å²) in [5, 5.41) is 13.5. The van der Waals surface area contributed by atoms with Crippen molar-refractivity contribution in [1.82, 2.24) is 4.72 Å². The quantitative estimate of drug-likeness (QED) is 0.886. The lowest BCUT2D eigenvalue weighted by Crippen LogP contribution is -2.29. The molecule has 21 heavy (non-hydrogen) atoms. The maximum absolute atomic E-state index is 13.2. The number of nitrogens with one attached hydrogen (secondary N) is 1. The smallest absolute Gasteiger partial charge is 0.241 e. The van der Waals surface area contributed by atoms with Crippen LogP contribution in [0.1, 0.15) is 22.8 Å². The molecule has 0 saturated heterocycles. The Morgan fingerprint density at radius 2 is 1.95 bits per heavy atom. The summed E-state index contributed by atoms with van der Waals surface area (Å²) in [6.45, 7) is 2.95. The SMILES string of the molecule is Cc1cc(F)cc(C)c1S(=O)(=O)NCC(O)c1ccsc1. The van der Waals surface area contributed by atoms with Gasteiger partial charge in [-0.2, -0.15) is 11.3 Å². The zero-order valence-corrected chi connectivity index (χ0v) is 13.3. The third-order valence-corrected chi connectivity index (χ3v) is 5.52. The van der Waals surface area contributed by atoms with Crippen LogP contribution in [0.5, 0.6) is 0 Å². The first-order valence-electron chi connectivity index (χ1n) is 6.28. The van der Waals surface area contributed by atoms with Crippen LogP contribution in [0.25, 0.3) is 0 Å². The number of aliphatic hydroxyl groups excluding tert-OH is 1. The number of aryl methyl sites for hydroxylation is 2. The van der Waals surface area contributed by atoms with Crippen LogP contribution in [0.15, 0.2) is 33.9 Å². The van der Waals surface area contributed by atoms with E-state index in [4.69, 9.17) is 0 Å². The number of halogens is 1. The van der Waals surface area contributed by atoms with Gasteiger partial charge in [0.05, 0.1) is 11.0 Å². The largest absolute Gasteiger partial charge is 0.387 e. The fourth-order valence-corrected chi connectivity index (χ4v) is 4.36. The Balaban J connectivity index is 2.20. The monoisotopic (exact) mass is 329 g/mol. The van der Waals surface area contributed by atoms with Crippen LogP contribution in [0.3, 0.4) is 0 Å². The molecule has 2 rings (SSSR count). The van der Waals surface area contributed by atoms with Gasteiger partial charge < -0.3 is 5.11 Å². The van der Waals surface area contributed by atoms with Crippen molar-refractivity contribution < 1.29 is 17.9 Å². The highest BCUT2D eigenvalue weighted by atomic mass is 32.2. The molecule has 0 amide bonds. The fraction of sp³-hybridized carbons (Fsp3) is 0.286. The number of hydrogen-bond acceptors (Lipinski definition) is 4. The second-order valence-corrected chi connectivity index (χ2v) is 7.28. The lowest BCUT2D eigenvalue weighted by atomic mass is 10.1. The average Bonchev–Trinajstić information content (AvgIpc) is 2.88. The van der Waals surface area contributed by atoms with Crippen molar-refractivity contribution in [3.8, 4) is 0 Å². The van der Waals surface area contributed by atoms with E-state index in [-0.39, 0.29) is 11.4 Å². The van der Waals surface area contributed by atoms with Crippen molar-refractivity contribution in [2.45, 2.75) is 24.8 Å². The predicted octanol–water partition coefficient (Wildman–Crippen LogP) is 2.52. The van der Waals surface area contributed by atoms with Gasteiger partial charge in [-0.3, -0.25) is 0 Å². The molecule has 1 atom stereocenters. The Morgan fingerprint density at radius 3 is 2.48 bits per heavy atom. The third kappa shape index (κ3) is 3.68. The van der Waals surface area contributed by atoms with E-state index >= 15 is 0 Å². The number of benzene rings is 1. The summed E-state index contributed by atoms with van der Waals surface area (Å²) in [5.74, 6) is -0.470. The topological polar surface area (TPSA) is 66.4 Å². The van der Waals surface area contributed by atoms with E-state index < -0.39 is 21.9 Å². The standard InChI is InChI=1S/C14H16FNO3S2/c1-9-5-12(15)6-10(2)14(9)21(18,19)16-7-13(17)11-3-4-20-8-11/h3-6,8,13,16-17H,7H2,1-2H3. The van der Waals surface area contributed by atoms with Crippen LogP contribution in [0.2, 0.25) is 0 Å². The van der Waals surface area contributed by atoms with Crippen LogP contribution in [0.4, 0.5) is 4.39 Å². The van der Waals surface area contributed by atoms with Gasteiger partial charge in [0.2, 0.25) is 10.0 Å². The number of sulfonamides is 1. The number of hydrogen-bond donors (Lipinski definition) is 2. The van der Waals surface area contributed by atoms with Crippen LogP contribution in [0, 0.1) is 19.7 Å². The summed E-state index contributed by atoms with van der Waals surface area (Å²) < 4.78 is 40.2. The van der Waals surface area contributed by atoms with Crippen molar-refractivity contribution in [2.24, 2.45) is 0 Å². The molecule has 1 aromatic carbocycles. The third-order valence-electron chi connectivity index (χ3n) is 3.09. The van der Waals surface area contributed by atoms with Gasteiger partial charge in [0, 0.05) is 6.54 Å². The van der Waals surface area contributed by atoms with E-state index in [0.29, 0.717) is 16.7 Å². The molecule has 0 fully saturated rings. The van der Waals surface area contributed by atoms with Crippen molar-refractivity contribution in [3.05, 3.63) is 51.5 Å². The molecule has 0 bridgehead atoms. The summed E-state index contributed by atoms with van der Waals surface area (Å²) in [5.41, 5.74) is 1.34. The van der Waals surface area contributed by atoms with Crippen LogP contribution in [-0.2, 0) is 10.0 Å². The molecule has 0 radical (unpaired) electrons. The van der Waals surface area contributed by atoms with Crippen LogP contribution < -0.4 is 4.72 Å². The molecular formula is C14H16FNO3S2. The molecule has 1 aromatic heterocycles. The first-order valence-corrected chi connectivity index (χ1v) is 8.70. The summed E-state index contributed by atoms with van der Waals surface area (Å²) in [6.07, 6.45) is -0.910. The van der Waals surface area contributed by atoms with Crippen LogP contribution >= 0.6 is 11.3 Å². The highest BCUT2D eigenvalue weighted by Gasteiger charge is 2.21. The molecule has 0 spiro atoms. The zero-order valence-electron chi connectivity index (χ0n) is 11.6. The predicted molar refractivity (Wildman–Crippen MR) is 80.3 cm³/mol. The Labute approximate surface area is 127 Å². The molecule has 7 heteroatoms. The summed E-state index contributed by atoms with van der Waals surface area (Å²) in [6, 6.07) is 4.09. The summed E-state index contributed by atoms with van der Waals surface area (Å²) in [7, 11) is -3.80. The maximum atomic E-state index is 13.2. The summed E-state index contributed by atoms with van der Waals surface area (Å²) in [4.78, 5) is 0.0569. The molecule has 114 valence electrons. The molecule has 4 nitrogen and oxygen atoms in total. The maximum Gasteiger partial charge on any atom is 0.241 e. The average molecular weight is 329 g/mol. The minimum Gasteiger partial charge on any atom is -0.387 e. The highest BCUT2D eigenvalue weighted by molar-refractivity contribution is 7.89.